The first kappa shape index (κ1) is 17.5. The van der Waals surface area contributed by atoms with E-state index in [0.29, 0.717) is 11.2 Å². The molecule has 1 saturated heterocycles. The molecule has 5 N–H and O–H groups in total. The van der Waals surface area contributed by atoms with Gasteiger partial charge in [0.05, 0.1) is 19.0 Å². The number of hydrogen-bond donors (Lipinski definition) is 5. The van der Waals surface area contributed by atoms with Crippen molar-refractivity contribution in [3.63, 3.8) is 0 Å². The van der Waals surface area contributed by atoms with E-state index in [2.05, 4.69) is 20.3 Å². The van der Waals surface area contributed by atoms with Crippen LogP contribution in [0.15, 0.2) is 35.4 Å². The number of hydrogen-bond acceptors (Lipinski definition) is 8. The Morgan fingerprint density at radius 1 is 1.37 bits per heavy atom. The first-order chi connectivity index (χ1) is 13.1. The molecule has 10 nitrogen and oxygen atoms in total. The van der Waals surface area contributed by atoms with Crippen molar-refractivity contribution in [1.29, 1.82) is 0 Å². The topological polar surface area (TPSA) is 146 Å². The van der Waals surface area contributed by atoms with Gasteiger partial charge in [0.2, 0.25) is 5.95 Å². The summed E-state index contributed by atoms with van der Waals surface area (Å²) in [4.78, 5) is 23.4. The van der Waals surface area contributed by atoms with Gasteiger partial charge in [-0.3, -0.25) is 14.3 Å². The molecule has 142 valence electrons. The van der Waals surface area contributed by atoms with E-state index in [0.717, 1.165) is 0 Å². The minimum atomic E-state index is -0.807. The molecule has 0 bridgehead atoms. The summed E-state index contributed by atoms with van der Waals surface area (Å²) in [6.45, 7) is -0.0355. The van der Waals surface area contributed by atoms with Crippen LogP contribution in [0.4, 0.5) is 5.95 Å². The van der Waals surface area contributed by atoms with Gasteiger partial charge in [-0.15, -0.1) is 0 Å². The Balaban J connectivity index is 1.62. The van der Waals surface area contributed by atoms with Gasteiger partial charge in [0.25, 0.3) is 5.56 Å². The Bertz CT molecular complexity index is 1020. The lowest BCUT2D eigenvalue weighted by Crippen LogP contribution is -2.24. The molecule has 0 aliphatic carbocycles. The van der Waals surface area contributed by atoms with Gasteiger partial charge in [-0.2, -0.15) is 4.98 Å². The normalized spacial score (nSPS) is 22.4. The average Bonchev–Trinajstić information content (AvgIpc) is 3.24. The van der Waals surface area contributed by atoms with Crippen molar-refractivity contribution in [3.05, 3.63) is 46.5 Å². The van der Waals surface area contributed by atoms with Gasteiger partial charge in [-0.1, -0.05) is 18.2 Å². The second kappa shape index (κ2) is 6.99. The SMILES string of the molecule is O=c1[nH]c(NCc2ccccc2O)nc2c1ncn2[C@H]1C[C@H](O)[C@@H](CO)O1. The molecule has 3 heterocycles. The average molecular weight is 373 g/mol. The molecule has 1 fully saturated rings. The van der Waals surface area contributed by atoms with E-state index >= 15 is 0 Å². The summed E-state index contributed by atoms with van der Waals surface area (Å²) in [5.41, 5.74) is 0.681. The second-order valence-corrected chi connectivity index (χ2v) is 6.34. The van der Waals surface area contributed by atoms with Crippen LogP contribution in [0.3, 0.4) is 0 Å². The van der Waals surface area contributed by atoms with E-state index in [-0.39, 0.29) is 36.8 Å². The van der Waals surface area contributed by atoms with Gasteiger partial charge in [-0.25, -0.2) is 4.98 Å². The number of aliphatic hydroxyl groups excluding tert-OH is 2. The van der Waals surface area contributed by atoms with E-state index < -0.39 is 24.0 Å². The van der Waals surface area contributed by atoms with Gasteiger partial charge in [0.15, 0.2) is 11.2 Å². The molecule has 0 amide bonds. The Morgan fingerprint density at radius 3 is 2.93 bits per heavy atom. The summed E-state index contributed by atoms with van der Waals surface area (Å²) in [5, 5.41) is 32.0. The molecule has 2 aromatic heterocycles. The Morgan fingerprint density at radius 2 is 2.19 bits per heavy atom. The second-order valence-electron chi connectivity index (χ2n) is 6.34. The van der Waals surface area contributed by atoms with Gasteiger partial charge in [-0.05, 0) is 6.07 Å². The van der Waals surface area contributed by atoms with Crippen LogP contribution in [0.25, 0.3) is 11.2 Å². The van der Waals surface area contributed by atoms with Crippen LogP contribution in [-0.2, 0) is 11.3 Å². The number of ether oxygens (including phenoxy) is 1. The van der Waals surface area contributed by atoms with Crippen molar-refractivity contribution in [3.8, 4) is 5.75 Å². The quantitative estimate of drug-likeness (QED) is 0.423. The van der Waals surface area contributed by atoms with Crippen molar-refractivity contribution < 1.29 is 20.1 Å². The van der Waals surface area contributed by atoms with Crippen LogP contribution in [0.5, 0.6) is 5.75 Å². The van der Waals surface area contributed by atoms with Crippen LogP contribution in [-0.4, -0.2) is 53.7 Å². The predicted octanol–water partition coefficient (Wildman–Crippen LogP) is 0.0780. The van der Waals surface area contributed by atoms with E-state index in [1.165, 1.54) is 6.33 Å². The summed E-state index contributed by atoms with van der Waals surface area (Å²) in [7, 11) is 0. The van der Waals surface area contributed by atoms with Crippen molar-refractivity contribution in [2.24, 2.45) is 0 Å². The molecule has 0 saturated carbocycles. The number of aromatic amines is 1. The maximum absolute atomic E-state index is 12.3. The molecule has 3 atom stereocenters. The smallest absolute Gasteiger partial charge is 0.280 e. The van der Waals surface area contributed by atoms with Crippen molar-refractivity contribution in [1.82, 2.24) is 19.5 Å². The Labute approximate surface area is 153 Å². The molecule has 1 aliphatic heterocycles. The predicted molar refractivity (Wildman–Crippen MR) is 95.2 cm³/mol. The molecule has 27 heavy (non-hydrogen) atoms. The first-order valence-corrected chi connectivity index (χ1v) is 8.49. The number of nitrogens with one attached hydrogen (secondary N) is 2. The molecule has 4 rings (SSSR count). The molecule has 1 aliphatic rings. The third-order valence-corrected chi connectivity index (χ3v) is 4.56. The maximum Gasteiger partial charge on any atom is 0.280 e. The summed E-state index contributed by atoms with van der Waals surface area (Å²) in [5.74, 6) is 0.358. The highest BCUT2D eigenvalue weighted by Gasteiger charge is 2.35. The standard InChI is InChI=1S/C17H19N5O5/c23-7-12-11(25)5-13(27-12)22-8-19-14-15(22)20-17(21-16(14)26)18-6-9-3-1-2-4-10(9)24/h1-4,8,11-13,23-25H,5-7H2,(H2,18,20,21,26)/t11-,12+,13+/m0/s1. The van der Waals surface area contributed by atoms with Gasteiger partial charge < -0.3 is 25.4 Å². The van der Waals surface area contributed by atoms with Crippen LogP contribution in [0.2, 0.25) is 0 Å². The lowest BCUT2D eigenvalue weighted by atomic mass is 10.2. The van der Waals surface area contributed by atoms with Crippen LogP contribution >= 0.6 is 0 Å². The fourth-order valence-electron chi connectivity index (χ4n) is 3.11. The third kappa shape index (κ3) is 3.25. The Kier molecular flexibility index (Phi) is 4.52. The number of nitrogens with zero attached hydrogens (tertiary/aromatic N) is 3. The molecule has 0 unspecified atom stereocenters. The summed E-state index contributed by atoms with van der Waals surface area (Å²) >= 11 is 0. The van der Waals surface area contributed by atoms with Crippen LogP contribution < -0.4 is 10.9 Å². The number of imidazole rings is 1. The fraction of sp³-hybridized carbons (Fsp3) is 0.353. The zero-order valence-electron chi connectivity index (χ0n) is 14.2. The third-order valence-electron chi connectivity index (χ3n) is 4.56. The summed E-state index contributed by atoms with van der Waals surface area (Å²) in [6, 6.07) is 6.85. The molecule has 0 radical (unpaired) electrons. The van der Waals surface area contributed by atoms with Crippen LogP contribution in [0, 0.1) is 0 Å². The number of anilines is 1. The summed E-state index contributed by atoms with van der Waals surface area (Å²) in [6.07, 6.45) is -0.392. The van der Waals surface area contributed by atoms with Gasteiger partial charge >= 0.3 is 0 Å². The highest BCUT2D eigenvalue weighted by Crippen LogP contribution is 2.30. The number of fused-ring (bicyclic) bond motifs is 1. The number of rotatable bonds is 5. The zero-order valence-corrected chi connectivity index (χ0v) is 14.2. The molecular formula is C17H19N5O5. The number of H-pyrrole nitrogens is 1. The van der Waals surface area contributed by atoms with Gasteiger partial charge in [0, 0.05) is 18.5 Å². The number of aromatic nitrogens is 4. The zero-order chi connectivity index (χ0) is 19.0. The minimum Gasteiger partial charge on any atom is -0.508 e. The minimum absolute atomic E-state index is 0.141. The lowest BCUT2D eigenvalue weighted by Gasteiger charge is -2.14. The number of para-hydroxylation sites is 1. The molecule has 0 spiro atoms. The number of benzene rings is 1. The number of phenols is 1. The van der Waals surface area contributed by atoms with Crippen molar-refractivity contribution in [2.45, 2.75) is 31.4 Å². The van der Waals surface area contributed by atoms with Gasteiger partial charge in [0.1, 0.15) is 18.1 Å². The first-order valence-electron chi connectivity index (χ1n) is 8.49. The number of phenolic OH excluding ortho intramolecular Hbond substituents is 1. The van der Waals surface area contributed by atoms with E-state index in [4.69, 9.17) is 4.74 Å². The number of aliphatic hydroxyl groups is 2. The molecular weight excluding hydrogens is 354 g/mol. The fourth-order valence-corrected chi connectivity index (χ4v) is 3.11. The lowest BCUT2D eigenvalue weighted by molar-refractivity contribution is -0.0432. The molecule has 3 aromatic rings. The van der Waals surface area contributed by atoms with Crippen molar-refractivity contribution >= 4 is 17.1 Å². The maximum atomic E-state index is 12.3. The highest BCUT2D eigenvalue weighted by molar-refractivity contribution is 5.70. The highest BCUT2D eigenvalue weighted by atomic mass is 16.5. The van der Waals surface area contributed by atoms with Crippen molar-refractivity contribution in [2.75, 3.05) is 11.9 Å². The monoisotopic (exact) mass is 373 g/mol. The summed E-state index contributed by atoms with van der Waals surface area (Å²) < 4.78 is 7.18. The van der Waals surface area contributed by atoms with Crippen LogP contribution in [0.1, 0.15) is 18.2 Å². The largest absolute Gasteiger partial charge is 0.508 e. The van der Waals surface area contributed by atoms with E-state index in [1.54, 1.807) is 28.8 Å². The van der Waals surface area contributed by atoms with E-state index in [9.17, 15) is 20.1 Å². The van der Waals surface area contributed by atoms with E-state index in [1.807, 2.05) is 0 Å². The molecule has 10 heteroatoms. The molecule has 1 aromatic carbocycles. The Hall–Kier alpha value is -2.95. The number of aromatic hydroxyl groups is 1.